The average Bonchev–Trinajstić information content (AvgIpc) is 2.81. The highest BCUT2D eigenvalue weighted by molar-refractivity contribution is 7.86. The van der Waals surface area contributed by atoms with Gasteiger partial charge in [-0.2, -0.15) is 8.42 Å². The maximum absolute atomic E-state index is 12.9. The Morgan fingerprint density at radius 2 is 1.47 bits per heavy atom. The number of nitrogens with two attached hydrogens (primary N) is 1. The lowest BCUT2D eigenvalue weighted by Gasteiger charge is -2.21. The van der Waals surface area contributed by atoms with Crippen LogP contribution in [0.15, 0.2) is 60.7 Å². The van der Waals surface area contributed by atoms with Crippen molar-refractivity contribution in [3.8, 4) is 0 Å². The number of hydrogen-bond donors (Lipinski definition) is 3. The van der Waals surface area contributed by atoms with Crippen LogP contribution in [0.1, 0.15) is 31.4 Å². The van der Waals surface area contributed by atoms with Gasteiger partial charge in [0.05, 0.1) is 18.4 Å². The van der Waals surface area contributed by atoms with E-state index in [2.05, 4.69) is 10.6 Å². The van der Waals surface area contributed by atoms with Gasteiger partial charge in [-0.15, -0.1) is 0 Å². The summed E-state index contributed by atoms with van der Waals surface area (Å²) in [7, 11) is -3.64. The molecule has 2 atom stereocenters. The minimum atomic E-state index is -3.64. The van der Waals surface area contributed by atoms with Crippen molar-refractivity contribution in [1.29, 1.82) is 0 Å². The Kier molecular flexibility index (Phi) is 11.2. The van der Waals surface area contributed by atoms with E-state index in [-0.39, 0.29) is 37.7 Å². The maximum Gasteiger partial charge on any atom is 0.267 e. The number of benzene rings is 2. The molecular formula is C25H35N3O5S. The molecule has 8 nitrogen and oxygen atoms in total. The van der Waals surface area contributed by atoms with E-state index in [1.165, 1.54) is 0 Å². The van der Waals surface area contributed by atoms with Gasteiger partial charge in [0.2, 0.25) is 11.8 Å². The van der Waals surface area contributed by atoms with E-state index in [0.717, 1.165) is 11.1 Å². The summed E-state index contributed by atoms with van der Waals surface area (Å²) in [5.41, 5.74) is 7.89. The predicted molar refractivity (Wildman–Crippen MR) is 132 cm³/mol. The summed E-state index contributed by atoms with van der Waals surface area (Å²) < 4.78 is 28.8. The molecule has 2 amide bonds. The highest BCUT2D eigenvalue weighted by Crippen LogP contribution is 2.06. The van der Waals surface area contributed by atoms with Crippen LogP contribution in [-0.2, 0) is 36.7 Å². The monoisotopic (exact) mass is 489 g/mol. The second-order valence-electron chi connectivity index (χ2n) is 8.63. The van der Waals surface area contributed by atoms with E-state index < -0.39 is 34.0 Å². The largest absolute Gasteiger partial charge is 0.354 e. The molecule has 0 aliphatic rings. The normalized spacial score (nSPS) is 13.3. The fraction of sp³-hybridized carbons (Fsp3) is 0.440. The molecule has 0 aliphatic carbocycles. The fourth-order valence-electron chi connectivity index (χ4n) is 3.18. The zero-order chi connectivity index (χ0) is 25.0. The predicted octanol–water partition coefficient (Wildman–Crippen LogP) is 1.79. The van der Waals surface area contributed by atoms with Gasteiger partial charge in [0, 0.05) is 13.0 Å². The molecule has 0 fully saturated rings. The molecule has 0 bridgehead atoms. The summed E-state index contributed by atoms with van der Waals surface area (Å²) in [6.45, 7) is 3.99. The van der Waals surface area contributed by atoms with Gasteiger partial charge in [-0.3, -0.25) is 13.8 Å². The molecule has 2 rings (SSSR count). The third-order valence-corrected chi connectivity index (χ3v) is 6.29. The molecule has 2 aromatic carbocycles. The number of amides is 2. The van der Waals surface area contributed by atoms with E-state index >= 15 is 0 Å². The Labute approximate surface area is 202 Å². The van der Waals surface area contributed by atoms with Crippen LogP contribution in [0.3, 0.4) is 0 Å². The zero-order valence-corrected chi connectivity index (χ0v) is 20.6. The molecule has 0 radical (unpaired) electrons. The topological polar surface area (TPSA) is 128 Å². The first-order valence-corrected chi connectivity index (χ1v) is 13.0. The second kappa shape index (κ2) is 13.8. The van der Waals surface area contributed by atoms with Gasteiger partial charge < -0.3 is 16.4 Å². The lowest BCUT2D eigenvalue weighted by atomic mass is 10.0. The van der Waals surface area contributed by atoms with Crippen LogP contribution in [0, 0.1) is 5.92 Å². The summed E-state index contributed by atoms with van der Waals surface area (Å²) in [5.74, 6) is -0.920. The molecule has 9 heteroatoms. The quantitative estimate of drug-likeness (QED) is 0.274. The minimum absolute atomic E-state index is 0.102. The van der Waals surface area contributed by atoms with E-state index in [0.29, 0.717) is 6.42 Å². The molecule has 2 aromatic rings. The number of carbonyl (C=O) groups is 2. The minimum Gasteiger partial charge on any atom is -0.354 e. The summed E-state index contributed by atoms with van der Waals surface area (Å²) >= 11 is 0. The Balaban J connectivity index is 1.94. The average molecular weight is 490 g/mol. The van der Waals surface area contributed by atoms with Crippen molar-refractivity contribution < 1.29 is 22.2 Å². The molecule has 0 aromatic heterocycles. The third kappa shape index (κ3) is 10.5. The van der Waals surface area contributed by atoms with Crippen LogP contribution in [0.2, 0.25) is 0 Å². The first-order chi connectivity index (χ1) is 16.2. The smallest absolute Gasteiger partial charge is 0.267 e. The van der Waals surface area contributed by atoms with Crippen molar-refractivity contribution in [3.63, 3.8) is 0 Å². The molecule has 0 heterocycles. The Morgan fingerprint density at radius 3 is 2.03 bits per heavy atom. The van der Waals surface area contributed by atoms with Crippen molar-refractivity contribution in [2.45, 2.75) is 45.2 Å². The lowest BCUT2D eigenvalue weighted by molar-refractivity contribution is -0.129. The summed E-state index contributed by atoms with van der Waals surface area (Å²) in [6, 6.07) is 17.1. The van der Waals surface area contributed by atoms with Gasteiger partial charge in [0.1, 0.15) is 6.04 Å². The SMILES string of the molecule is CC(C)COS(=O)(=O)CCCNC(=O)[C@H](Cc1ccccc1)NC(=O)[C@@H](N)Cc1ccccc1. The molecule has 4 N–H and O–H groups in total. The van der Waals surface area contributed by atoms with Crippen LogP contribution >= 0.6 is 0 Å². The lowest BCUT2D eigenvalue weighted by Crippen LogP contribution is -2.53. The van der Waals surface area contributed by atoms with Crippen LogP contribution in [0.25, 0.3) is 0 Å². The number of hydrogen-bond acceptors (Lipinski definition) is 6. The van der Waals surface area contributed by atoms with Gasteiger partial charge in [-0.05, 0) is 29.9 Å². The summed E-state index contributed by atoms with van der Waals surface area (Å²) in [5, 5.41) is 5.48. The first-order valence-electron chi connectivity index (χ1n) is 11.4. The summed E-state index contributed by atoms with van der Waals surface area (Å²) in [6.07, 6.45) is 0.832. The fourth-order valence-corrected chi connectivity index (χ4v) is 4.28. The second-order valence-corrected chi connectivity index (χ2v) is 10.4. The van der Waals surface area contributed by atoms with Crippen molar-refractivity contribution in [1.82, 2.24) is 10.6 Å². The van der Waals surface area contributed by atoms with Gasteiger partial charge in [-0.1, -0.05) is 74.5 Å². The zero-order valence-electron chi connectivity index (χ0n) is 19.8. The molecule has 0 unspecified atom stereocenters. The van der Waals surface area contributed by atoms with Crippen LogP contribution in [0.5, 0.6) is 0 Å². The molecule has 0 saturated heterocycles. The Morgan fingerprint density at radius 1 is 0.912 bits per heavy atom. The van der Waals surface area contributed by atoms with Gasteiger partial charge in [0.15, 0.2) is 0 Å². The molecule has 186 valence electrons. The van der Waals surface area contributed by atoms with Crippen LogP contribution in [-0.4, -0.2) is 51.2 Å². The van der Waals surface area contributed by atoms with E-state index in [1.807, 2.05) is 74.5 Å². The number of rotatable bonds is 14. The van der Waals surface area contributed by atoms with Crippen molar-refractivity contribution in [2.24, 2.45) is 11.7 Å². The van der Waals surface area contributed by atoms with Crippen molar-refractivity contribution >= 4 is 21.9 Å². The van der Waals surface area contributed by atoms with Crippen molar-refractivity contribution in [3.05, 3.63) is 71.8 Å². The van der Waals surface area contributed by atoms with Gasteiger partial charge in [-0.25, -0.2) is 0 Å². The van der Waals surface area contributed by atoms with E-state index in [4.69, 9.17) is 9.92 Å². The molecule has 0 spiro atoms. The van der Waals surface area contributed by atoms with Gasteiger partial charge >= 0.3 is 0 Å². The molecule has 0 saturated carbocycles. The highest BCUT2D eigenvalue weighted by Gasteiger charge is 2.24. The highest BCUT2D eigenvalue weighted by atomic mass is 32.2. The van der Waals surface area contributed by atoms with Crippen LogP contribution in [0.4, 0.5) is 0 Å². The molecule has 0 aliphatic heterocycles. The Hall–Kier alpha value is -2.75. The molecular weight excluding hydrogens is 454 g/mol. The maximum atomic E-state index is 12.9. The first kappa shape index (κ1) is 27.5. The third-order valence-electron chi connectivity index (χ3n) is 5.00. The Bertz CT molecular complexity index is 998. The standard InChI is InChI=1S/C25H35N3O5S/c1-19(2)18-33-34(31,32)15-9-14-27-25(30)23(17-21-12-7-4-8-13-21)28-24(29)22(26)16-20-10-5-3-6-11-20/h3-8,10-13,19,22-23H,9,14-18,26H2,1-2H3,(H,27,30)(H,28,29)/t22-,23-/m0/s1. The molecule has 34 heavy (non-hydrogen) atoms. The number of nitrogens with one attached hydrogen (secondary N) is 2. The van der Waals surface area contributed by atoms with Crippen LogP contribution < -0.4 is 16.4 Å². The van der Waals surface area contributed by atoms with Crippen molar-refractivity contribution in [2.75, 3.05) is 18.9 Å². The van der Waals surface area contributed by atoms with E-state index in [1.54, 1.807) is 0 Å². The van der Waals surface area contributed by atoms with Gasteiger partial charge in [0.25, 0.3) is 10.1 Å². The van der Waals surface area contributed by atoms with E-state index in [9.17, 15) is 18.0 Å². The number of carbonyl (C=O) groups excluding carboxylic acids is 2. The summed E-state index contributed by atoms with van der Waals surface area (Å²) in [4.78, 5) is 25.6.